The lowest BCUT2D eigenvalue weighted by atomic mass is 10.1. The van der Waals surface area contributed by atoms with E-state index in [2.05, 4.69) is 39.8 Å². The maximum Gasteiger partial charge on any atom is 0.310 e. The third-order valence-corrected chi connectivity index (χ3v) is 4.36. The number of hydrogen-bond acceptors (Lipinski definition) is 3. The Morgan fingerprint density at radius 2 is 1.86 bits per heavy atom. The van der Waals surface area contributed by atoms with E-state index < -0.39 is 0 Å². The summed E-state index contributed by atoms with van der Waals surface area (Å²) in [6.07, 6.45) is 2.57. The number of nitrogens with zero attached hydrogens (tertiary/aromatic N) is 1. The summed E-state index contributed by atoms with van der Waals surface area (Å²) in [5.41, 5.74) is 3.16. The molecule has 2 atom stereocenters. The number of ether oxygens (including phenoxy) is 1. The first-order valence-electron chi connectivity index (χ1n) is 7.62. The van der Waals surface area contributed by atoms with Gasteiger partial charge < -0.3 is 4.74 Å². The van der Waals surface area contributed by atoms with Gasteiger partial charge in [0, 0.05) is 0 Å². The number of carbonyl (C=O) groups excluding carboxylic acids is 1. The van der Waals surface area contributed by atoms with Crippen molar-refractivity contribution in [1.82, 2.24) is 0 Å². The first-order valence-corrected chi connectivity index (χ1v) is 7.62. The molecule has 0 spiro atoms. The van der Waals surface area contributed by atoms with E-state index in [1.54, 1.807) is 0 Å². The Kier molecular flexibility index (Phi) is 4.71. The molecule has 2 rings (SSSR count). The highest BCUT2D eigenvalue weighted by atomic mass is 16.5. The summed E-state index contributed by atoms with van der Waals surface area (Å²) in [4.78, 5) is 12.3. The van der Waals surface area contributed by atoms with Crippen LogP contribution in [0.2, 0.25) is 0 Å². The first-order chi connectivity index (χ1) is 10.4. The van der Waals surface area contributed by atoms with Crippen molar-refractivity contribution in [2.45, 2.75) is 40.7 Å². The molecule has 1 fully saturated rings. The summed E-state index contributed by atoms with van der Waals surface area (Å²) in [5, 5.41) is 8.65. The molecule has 0 saturated heterocycles. The van der Waals surface area contributed by atoms with Crippen LogP contribution in [0.3, 0.4) is 0 Å². The number of carbonyl (C=O) groups is 1. The monoisotopic (exact) mass is 297 g/mol. The second kappa shape index (κ2) is 6.36. The minimum absolute atomic E-state index is 0.00892. The van der Waals surface area contributed by atoms with Crippen LogP contribution in [-0.4, -0.2) is 5.97 Å². The van der Waals surface area contributed by atoms with Gasteiger partial charge in [-0.25, -0.2) is 0 Å². The fourth-order valence-electron chi connectivity index (χ4n) is 2.89. The van der Waals surface area contributed by atoms with E-state index in [-0.39, 0.29) is 23.2 Å². The molecule has 0 bridgehead atoms. The van der Waals surface area contributed by atoms with Crippen LogP contribution in [-0.2, 0) is 22.6 Å². The van der Waals surface area contributed by atoms with E-state index in [4.69, 9.17) is 10.00 Å². The molecule has 3 heteroatoms. The van der Waals surface area contributed by atoms with E-state index in [1.165, 1.54) is 5.57 Å². The van der Waals surface area contributed by atoms with Crippen molar-refractivity contribution in [2.24, 2.45) is 17.3 Å². The number of hydrogen-bond donors (Lipinski definition) is 0. The fourth-order valence-corrected chi connectivity index (χ4v) is 2.89. The Hall–Kier alpha value is -2.08. The van der Waals surface area contributed by atoms with Gasteiger partial charge in [-0.05, 0) is 36.3 Å². The number of allylic oxidation sites excluding steroid dienone is 2. The molecule has 3 nitrogen and oxygen atoms in total. The Morgan fingerprint density at radius 1 is 1.27 bits per heavy atom. The van der Waals surface area contributed by atoms with Crippen LogP contribution in [0.25, 0.3) is 0 Å². The number of benzene rings is 1. The second-order valence-corrected chi connectivity index (χ2v) is 6.83. The van der Waals surface area contributed by atoms with Gasteiger partial charge in [-0.15, -0.1) is 0 Å². The highest BCUT2D eigenvalue weighted by Gasteiger charge is 2.61. The molecule has 0 heterocycles. The molecule has 1 aliphatic carbocycles. The lowest BCUT2D eigenvalue weighted by molar-refractivity contribution is -0.147. The smallest absolute Gasteiger partial charge is 0.310 e. The van der Waals surface area contributed by atoms with Gasteiger partial charge in [-0.1, -0.05) is 49.8 Å². The number of nitriles is 1. The maximum absolute atomic E-state index is 12.3. The Balaban J connectivity index is 1.91. The van der Waals surface area contributed by atoms with Gasteiger partial charge in [0.25, 0.3) is 0 Å². The van der Waals surface area contributed by atoms with Crippen LogP contribution in [0.1, 0.15) is 38.8 Å². The summed E-state index contributed by atoms with van der Waals surface area (Å²) in [7, 11) is 0. The highest BCUT2D eigenvalue weighted by Crippen LogP contribution is 2.59. The SMILES string of the molecule is CC(C)=CC1[C@@H](C(=O)OCc2ccc(CC#N)cc2)C1(C)C. The third kappa shape index (κ3) is 3.57. The molecule has 22 heavy (non-hydrogen) atoms. The second-order valence-electron chi connectivity index (χ2n) is 6.83. The molecule has 0 N–H and O–H groups in total. The predicted octanol–water partition coefficient (Wildman–Crippen LogP) is 4.03. The summed E-state index contributed by atoms with van der Waals surface area (Å²) < 4.78 is 5.47. The van der Waals surface area contributed by atoms with E-state index in [0.717, 1.165) is 11.1 Å². The van der Waals surface area contributed by atoms with Crippen LogP contribution in [0.15, 0.2) is 35.9 Å². The van der Waals surface area contributed by atoms with E-state index in [9.17, 15) is 4.79 Å². The van der Waals surface area contributed by atoms with Gasteiger partial charge in [0.2, 0.25) is 0 Å². The van der Waals surface area contributed by atoms with Crippen LogP contribution in [0.5, 0.6) is 0 Å². The summed E-state index contributed by atoms with van der Waals surface area (Å²) in [5.74, 6) is 0.122. The Bertz CT molecular complexity index is 616. The summed E-state index contributed by atoms with van der Waals surface area (Å²) in [6, 6.07) is 9.74. The molecule has 1 aliphatic rings. The number of rotatable bonds is 5. The molecule has 0 amide bonds. The van der Waals surface area contributed by atoms with Crippen molar-refractivity contribution in [3.05, 3.63) is 47.0 Å². The predicted molar refractivity (Wildman–Crippen MR) is 85.7 cm³/mol. The fraction of sp³-hybridized carbons (Fsp3) is 0.474. The zero-order valence-corrected chi connectivity index (χ0v) is 13.7. The number of esters is 1. The van der Waals surface area contributed by atoms with Crippen molar-refractivity contribution in [3.63, 3.8) is 0 Å². The van der Waals surface area contributed by atoms with Crippen LogP contribution in [0, 0.1) is 28.6 Å². The van der Waals surface area contributed by atoms with Crippen molar-refractivity contribution < 1.29 is 9.53 Å². The average Bonchev–Trinajstić information content (AvgIpc) is 2.98. The van der Waals surface area contributed by atoms with Crippen molar-refractivity contribution in [3.8, 4) is 6.07 Å². The van der Waals surface area contributed by atoms with Gasteiger partial charge in [0.15, 0.2) is 0 Å². The van der Waals surface area contributed by atoms with Gasteiger partial charge in [-0.3, -0.25) is 4.79 Å². The maximum atomic E-state index is 12.3. The highest BCUT2D eigenvalue weighted by molar-refractivity contribution is 5.78. The minimum atomic E-state index is -0.117. The lowest BCUT2D eigenvalue weighted by Gasteiger charge is -2.06. The first kappa shape index (κ1) is 16.3. The Morgan fingerprint density at radius 3 is 2.41 bits per heavy atom. The van der Waals surface area contributed by atoms with Gasteiger partial charge in [-0.2, -0.15) is 5.26 Å². The molecular formula is C19H23NO2. The molecule has 1 saturated carbocycles. The summed E-state index contributed by atoms with van der Waals surface area (Å²) in [6.45, 7) is 8.62. The van der Waals surface area contributed by atoms with Gasteiger partial charge >= 0.3 is 5.97 Å². The summed E-state index contributed by atoms with van der Waals surface area (Å²) >= 11 is 0. The molecule has 0 aromatic heterocycles. The van der Waals surface area contributed by atoms with Crippen molar-refractivity contribution in [1.29, 1.82) is 5.26 Å². The van der Waals surface area contributed by atoms with Gasteiger partial charge in [0.1, 0.15) is 6.61 Å². The van der Waals surface area contributed by atoms with Crippen molar-refractivity contribution >= 4 is 5.97 Å². The molecule has 0 aliphatic heterocycles. The largest absolute Gasteiger partial charge is 0.461 e. The molecule has 0 radical (unpaired) electrons. The molecule has 1 aromatic carbocycles. The normalized spacial score (nSPS) is 21.6. The Labute approximate surface area is 132 Å². The lowest BCUT2D eigenvalue weighted by Crippen LogP contribution is -2.10. The average molecular weight is 297 g/mol. The quantitative estimate of drug-likeness (QED) is 0.609. The van der Waals surface area contributed by atoms with Gasteiger partial charge in [0.05, 0.1) is 18.4 Å². The zero-order valence-electron chi connectivity index (χ0n) is 13.7. The third-order valence-electron chi connectivity index (χ3n) is 4.36. The topological polar surface area (TPSA) is 50.1 Å². The van der Waals surface area contributed by atoms with E-state index >= 15 is 0 Å². The molecule has 116 valence electrons. The molecule has 1 aromatic rings. The molecule has 1 unspecified atom stereocenters. The van der Waals surface area contributed by atoms with E-state index in [0.29, 0.717) is 13.0 Å². The zero-order chi connectivity index (χ0) is 16.3. The standard InChI is InChI=1S/C19H23NO2/c1-13(2)11-16-17(19(16,3)4)18(21)22-12-15-7-5-14(6-8-15)9-10-20/h5-8,11,16-17H,9,12H2,1-4H3/t16?,17-/m0/s1. The minimum Gasteiger partial charge on any atom is -0.461 e. The van der Waals surface area contributed by atoms with Crippen molar-refractivity contribution in [2.75, 3.05) is 0 Å². The van der Waals surface area contributed by atoms with E-state index in [1.807, 2.05) is 24.3 Å². The van der Waals surface area contributed by atoms with Crippen LogP contribution < -0.4 is 0 Å². The molecular weight excluding hydrogens is 274 g/mol. The van der Waals surface area contributed by atoms with Crippen LogP contribution >= 0.6 is 0 Å². The van der Waals surface area contributed by atoms with Crippen LogP contribution in [0.4, 0.5) is 0 Å².